The fourth-order valence-corrected chi connectivity index (χ4v) is 2.48. The Labute approximate surface area is 113 Å². The second-order valence-corrected chi connectivity index (χ2v) is 5.01. The van der Waals surface area contributed by atoms with E-state index in [1.165, 1.54) is 0 Å². The maximum Gasteiger partial charge on any atom is 0.339 e. The van der Waals surface area contributed by atoms with Crippen LogP contribution < -0.4 is 5.73 Å². The smallest absolute Gasteiger partial charge is 0.339 e. The molecule has 1 aromatic carbocycles. The molecule has 0 radical (unpaired) electrons. The molecule has 94 valence electrons. The molecule has 1 aromatic heterocycles. The third-order valence-electron chi connectivity index (χ3n) is 3.04. The normalized spacial score (nSPS) is 10.6. The molecule has 0 spiro atoms. The summed E-state index contributed by atoms with van der Waals surface area (Å²) in [4.78, 5) is 11.2. The summed E-state index contributed by atoms with van der Waals surface area (Å²) in [5.74, 6) is -0.998. The summed E-state index contributed by atoms with van der Waals surface area (Å²) in [6, 6.07) is 7.62. The van der Waals surface area contributed by atoms with Gasteiger partial charge >= 0.3 is 5.97 Å². The highest BCUT2D eigenvalue weighted by Gasteiger charge is 2.22. The number of halogens is 1. The number of anilines is 1. The molecule has 18 heavy (non-hydrogen) atoms. The molecule has 0 aliphatic carbocycles. The summed E-state index contributed by atoms with van der Waals surface area (Å²) in [7, 11) is 1.81. The number of hydrogen-bond acceptors (Lipinski definition) is 2. The number of nitrogens with two attached hydrogens (primary N) is 1. The van der Waals surface area contributed by atoms with Crippen molar-refractivity contribution >= 4 is 27.6 Å². The summed E-state index contributed by atoms with van der Waals surface area (Å²) < 4.78 is 2.73. The third kappa shape index (κ3) is 1.90. The Bertz CT molecular complexity index is 632. The fourth-order valence-electron chi connectivity index (χ4n) is 2.08. The Morgan fingerprint density at radius 1 is 1.44 bits per heavy atom. The zero-order valence-corrected chi connectivity index (χ0v) is 11.7. The molecule has 2 rings (SSSR count). The summed E-state index contributed by atoms with van der Waals surface area (Å²) >= 11 is 3.40. The van der Waals surface area contributed by atoms with Crippen molar-refractivity contribution in [3.8, 4) is 11.3 Å². The molecule has 0 atom stereocenters. The molecule has 0 aliphatic heterocycles. The van der Waals surface area contributed by atoms with E-state index in [0.29, 0.717) is 11.4 Å². The zero-order valence-electron chi connectivity index (χ0n) is 10.1. The lowest BCUT2D eigenvalue weighted by molar-refractivity contribution is 0.0697. The van der Waals surface area contributed by atoms with Crippen LogP contribution in [0.5, 0.6) is 0 Å². The predicted molar refractivity (Wildman–Crippen MR) is 74.7 cm³/mol. The van der Waals surface area contributed by atoms with Gasteiger partial charge in [0, 0.05) is 22.8 Å². The first-order chi connectivity index (χ1) is 8.43. The molecule has 0 unspecified atom stereocenters. The average Bonchev–Trinajstić information content (AvgIpc) is 2.50. The largest absolute Gasteiger partial charge is 0.478 e. The van der Waals surface area contributed by atoms with Gasteiger partial charge in [-0.25, -0.2) is 4.79 Å². The van der Waals surface area contributed by atoms with Gasteiger partial charge in [0.1, 0.15) is 5.56 Å². The second-order valence-electron chi connectivity index (χ2n) is 4.10. The van der Waals surface area contributed by atoms with Crippen molar-refractivity contribution in [2.24, 2.45) is 7.05 Å². The van der Waals surface area contributed by atoms with Crippen LogP contribution in [0, 0.1) is 6.92 Å². The highest BCUT2D eigenvalue weighted by Crippen LogP contribution is 2.34. The summed E-state index contributed by atoms with van der Waals surface area (Å²) in [6.07, 6.45) is 0. The number of aromatic nitrogens is 1. The minimum atomic E-state index is -0.998. The van der Waals surface area contributed by atoms with Crippen LogP contribution in [0.2, 0.25) is 0 Å². The number of benzene rings is 1. The Kier molecular flexibility index (Phi) is 3.17. The van der Waals surface area contributed by atoms with Crippen LogP contribution >= 0.6 is 15.9 Å². The molecule has 1 heterocycles. The lowest BCUT2D eigenvalue weighted by Crippen LogP contribution is -2.01. The van der Waals surface area contributed by atoms with Gasteiger partial charge in [0.25, 0.3) is 0 Å². The molecule has 0 fully saturated rings. The van der Waals surface area contributed by atoms with Crippen molar-refractivity contribution in [1.29, 1.82) is 0 Å². The lowest BCUT2D eigenvalue weighted by atomic mass is 10.1. The van der Waals surface area contributed by atoms with E-state index in [9.17, 15) is 9.90 Å². The predicted octanol–water partition coefficient (Wildman–Crippen LogP) is 3.04. The standard InChI is InChI=1S/C13H13BrN2O2/c1-7-10(13(17)18)11(15)12(16(7)2)8-4-3-5-9(14)6-8/h3-6H,15H2,1-2H3,(H,17,18). The van der Waals surface area contributed by atoms with Crippen LogP contribution in [0.3, 0.4) is 0 Å². The maximum absolute atomic E-state index is 11.2. The minimum Gasteiger partial charge on any atom is -0.478 e. The van der Waals surface area contributed by atoms with E-state index in [2.05, 4.69) is 15.9 Å². The first-order valence-corrected chi connectivity index (χ1v) is 6.16. The van der Waals surface area contributed by atoms with Gasteiger partial charge in [-0.15, -0.1) is 0 Å². The molecule has 0 aliphatic rings. The van der Waals surface area contributed by atoms with E-state index in [4.69, 9.17) is 5.73 Å². The van der Waals surface area contributed by atoms with Crippen LogP contribution in [0.25, 0.3) is 11.3 Å². The molecule has 5 heteroatoms. The highest BCUT2D eigenvalue weighted by molar-refractivity contribution is 9.10. The van der Waals surface area contributed by atoms with Gasteiger partial charge in [0.05, 0.1) is 11.4 Å². The number of carbonyl (C=O) groups is 1. The number of hydrogen-bond donors (Lipinski definition) is 2. The first-order valence-electron chi connectivity index (χ1n) is 5.37. The SMILES string of the molecule is Cc1c(C(=O)O)c(N)c(-c2cccc(Br)c2)n1C. The van der Waals surface area contributed by atoms with Crippen molar-refractivity contribution in [2.45, 2.75) is 6.92 Å². The Morgan fingerprint density at radius 3 is 2.61 bits per heavy atom. The summed E-state index contributed by atoms with van der Waals surface area (Å²) in [5, 5.41) is 9.18. The zero-order chi connectivity index (χ0) is 13.4. The van der Waals surface area contributed by atoms with E-state index in [-0.39, 0.29) is 5.56 Å². The third-order valence-corrected chi connectivity index (χ3v) is 3.53. The van der Waals surface area contributed by atoms with Gasteiger partial charge in [-0.1, -0.05) is 28.1 Å². The van der Waals surface area contributed by atoms with Gasteiger partial charge in [-0.05, 0) is 19.1 Å². The van der Waals surface area contributed by atoms with Gasteiger partial charge in [0.15, 0.2) is 0 Å². The van der Waals surface area contributed by atoms with E-state index in [1.54, 1.807) is 11.5 Å². The van der Waals surface area contributed by atoms with Crippen molar-refractivity contribution in [2.75, 3.05) is 5.73 Å². The topological polar surface area (TPSA) is 68.2 Å². The van der Waals surface area contributed by atoms with Crippen LogP contribution in [-0.2, 0) is 7.05 Å². The summed E-state index contributed by atoms with van der Waals surface area (Å²) in [6.45, 7) is 1.75. The van der Waals surface area contributed by atoms with Gasteiger partial charge in [-0.3, -0.25) is 0 Å². The Hall–Kier alpha value is -1.75. The molecular weight excluding hydrogens is 296 g/mol. The van der Waals surface area contributed by atoms with E-state index in [1.807, 2.05) is 31.3 Å². The maximum atomic E-state index is 11.2. The number of rotatable bonds is 2. The monoisotopic (exact) mass is 308 g/mol. The molecular formula is C13H13BrN2O2. The number of nitrogens with zero attached hydrogens (tertiary/aromatic N) is 1. The molecule has 0 amide bonds. The lowest BCUT2D eigenvalue weighted by Gasteiger charge is -2.06. The van der Waals surface area contributed by atoms with E-state index in [0.717, 1.165) is 15.7 Å². The van der Waals surface area contributed by atoms with Crippen molar-refractivity contribution in [1.82, 2.24) is 4.57 Å². The average molecular weight is 309 g/mol. The number of carboxylic acid groups (broad SMARTS) is 1. The number of nitrogen functional groups attached to an aromatic ring is 1. The second kappa shape index (κ2) is 4.49. The molecule has 0 saturated heterocycles. The van der Waals surface area contributed by atoms with Crippen LogP contribution in [0.1, 0.15) is 16.1 Å². The number of carboxylic acids is 1. The number of aromatic carboxylic acids is 1. The molecule has 2 aromatic rings. The quantitative estimate of drug-likeness (QED) is 0.896. The van der Waals surface area contributed by atoms with Crippen LogP contribution in [0.15, 0.2) is 28.7 Å². The van der Waals surface area contributed by atoms with Crippen molar-refractivity contribution < 1.29 is 9.90 Å². The van der Waals surface area contributed by atoms with Crippen LogP contribution in [-0.4, -0.2) is 15.6 Å². The molecule has 0 bridgehead atoms. The fraction of sp³-hybridized carbons (Fsp3) is 0.154. The van der Waals surface area contributed by atoms with Crippen molar-refractivity contribution in [3.05, 3.63) is 40.0 Å². The minimum absolute atomic E-state index is 0.174. The highest BCUT2D eigenvalue weighted by atomic mass is 79.9. The molecule has 0 saturated carbocycles. The molecule has 4 nitrogen and oxygen atoms in total. The van der Waals surface area contributed by atoms with Gasteiger partial charge in [0.2, 0.25) is 0 Å². The van der Waals surface area contributed by atoms with Gasteiger partial charge in [-0.2, -0.15) is 0 Å². The Morgan fingerprint density at radius 2 is 2.11 bits per heavy atom. The van der Waals surface area contributed by atoms with Crippen molar-refractivity contribution in [3.63, 3.8) is 0 Å². The van der Waals surface area contributed by atoms with E-state index >= 15 is 0 Å². The molecule has 3 N–H and O–H groups in total. The van der Waals surface area contributed by atoms with Crippen LogP contribution in [0.4, 0.5) is 5.69 Å². The van der Waals surface area contributed by atoms with E-state index < -0.39 is 5.97 Å². The Balaban J connectivity index is 2.73. The first kappa shape index (κ1) is 12.7. The van der Waals surface area contributed by atoms with Gasteiger partial charge < -0.3 is 15.4 Å². The summed E-state index contributed by atoms with van der Waals surface area (Å²) in [5.41, 5.74) is 8.72.